The lowest BCUT2D eigenvalue weighted by Crippen LogP contribution is -2.25. The molecule has 1 aromatic rings. The van der Waals surface area contributed by atoms with Crippen molar-refractivity contribution in [1.82, 2.24) is 9.55 Å². The average Bonchev–Trinajstić information content (AvgIpc) is 2.54. The molecular weight excluding hydrogens is 298 g/mol. The third-order valence-electron chi connectivity index (χ3n) is 3.62. The summed E-state index contributed by atoms with van der Waals surface area (Å²) in [5, 5.41) is 0. The Balaban J connectivity index is 2.73. The maximum atomic E-state index is 5.91. The van der Waals surface area contributed by atoms with E-state index in [4.69, 9.17) is 4.74 Å². The fourth-order valence-electron chi connectivity index (χ4n) is 2.15. The summed E-state index contributed by atoms with van der Waals surface area (Å²) in [5.74, 6) is 1.40. The maximum Gasteiger partial charge on any atom is 0.224 e. The highest BCUT2D eigenvalue weighted by Crippen LogP contribution is 2.10. The van der Waals surface area contributed by atoms with Crippen LogP contribution in [0.3, 0.4) is 0 Å². The standard InChI is InChI=1S/C20H33N3O/c1-7-9-10-12-19(11-8-2)24-15-17(5)22-20-21-13-18(16(3)4)14-23(20)6/h10-14,16-17H,7-9,15H2,1-6H3/b12-10-,19-11+,22-20-. The Labute approximate surface area is 147 Å². The molecule has 0 aromatic carbocycles. The molecule has 1 aromatic heterocycles. The fourth-order valence-corrected chi connectivity index (χ4v) is 2.15. The number of allylic oxidation sites excluding steroid dienone is 3. The van der Waals surface area contributed by atoms with Gasteiger partial charge in [-0.25, -0.2) is 9.98 Å². The third-order valence-corrected chi connectivity index (χ3v) is 3.62. The van der Waals surface area contributed by atoms with Crippen LogP contribution in [0, 0.1) is 0 Å². The minimum Gasteiger partial charge on any atom is -0.492 e. The summed E-state index contributed by atoms with van der Waals surface area (Å²) < 4.78 is 7.89. The van der Waals surface area contributed by atoms with Crippen molar-refractivity contribution in [2.24, 2.45) is 12.0 Å². The van der Waals surface area contributed by atoms with Crippen LogP contribution in [0.15, 0.2) is 41.4 Å². The van der Waals surface area contributed by atoms with Gasteiger partial charge in [-0.2, -0.15) is 0 Å². The topological polar surface area (TPSA) is 39.4 Å². The summed E-state index contributed by atoms with van der Waals surface area (Å²) in [6, 6.07) is 0.0495. The summed E-state index contributed by atoms with van der Waals surface area (Å²) in [4.78, 5) is 9.14. The quantitative estimate of drug-likeness (QED) is 0.494. The van der Waals surface area contributed by atoms with Gasteiger partial charge in [-0.05, 0) is 43.4 Å². The smallest absolute Gasteiger partial charge is 0.224 e. The second-order valence-electron chi connectivity index (χ2n) is 6.45. The zero-order chi connectivity index (χ0) is 17.9. The van der Waals surface area contributed by atoms with Crippen LogP contribution in [-0.4, -0.2) is 22.2 Å². The highest BCUT2D eigenvalue weighted by Gasteiger charge is 2.04. The molecule has 1 unspecified atom stereocenters. The normalized spacial score (nSPS) is 14.6. The van der Waals surface area contributed by atoms with Gasteiger partial charge in [0.05, 0.1) is 6.04 Å². The minimum absolute atomic E-state index is 0.0495. The number of nitrogens with zero attached hydrogens (tertiary/aromatic N) is 3. The number of unbranched alkanes of at least 4 members (excludes halogenated alkanes) is 1. The first-order valence-corrected chi connectivity index (χ1v) is 9.03. The van der Waals surface area contributed by atoms with Gasteiger partial charge in [0.25, 0.3) is 0 Å². The van der Waals surface area contributed by atoms with Crippen LogP contribution in [-0.2, 0) is 11.8 Å². The van der Waals surface area contributed by atoms with Crippen LogP contribution in [0.2, 0.25) is 0 Å². The molecule has 4 heteroatoms. The molecule has 0 saturated heterocycles. The highest BCUT2D eigenvalue weighted by molar-refractivity contribution is 5.12. The summed E-state index contributed by atoms with van der Waals surface area (Å²) >= 11 is 0. The average molecular weight is 332 g/mol. The molecule has 0 saturated carbocycles. The van der Waals surface area contributed by atoms with E-state index >= 15 is 0 Å². The predicted molar refractivity (Wildman–Crippen MR) is 101 cm³/mol. The second kappa shape index (κ2) is 10.8. The number of aryl methyl sites for hydroxylation is 1. The predicted octanol–water partition coefficient (Wildman–Crippen LogP) is 4.50. The molecule has 0 aliphatic heterocycles. The first-order valence-electron chi connectivity index (χ1n) is 9.03. The SMILES string of the molecule is CC/C=C(\C=C/CCC)OCC(C)/N=c1/ncc(C(C)C)cn1C. The molecule has 0 amide bonds. The molecule has 1 heterocycles. The Morgan fingerprint density at radius 1 is 1.33 bits per heavy atom. The van der Waals surface area contributed by atoms with Gasteiger partial charge in [-0.1, -0.05) is 40.2 Å². The van der Waals surface area contributed by atoms with Crippen molar-refractivity contribution in [3.63, 3.8) is 0 Å². The number of rotatable bonds is 9. The van der Waals surface area contributed by atoms with Crippen molar-refractivity contribution in [2.45, 2.75) is 65.8 Å². The van der Waals surface area contributed by atoms with Gasteiger partial charge in [0.1, 0.15) is 12.4 Å². The lowest BCUT2D eigenvalue weighted by atomic mass is 10.1. The Kier molecular flexibility index (Phi) is 9.13. The van der Waals surface area contributed by atoms with Gasteiger partial charge >= 0.3 is 0 Å². The van der Waals surface area contributed by atoms with Crippen molar-refractivity contribution in [3.8, 4) is 0 Å². The molecule has 24 heavy (non-hydrogen) atoms. The van der Waals surface area contributed by atoms with E-state index in [-0.39, 0.29) is 6.04 Å². The van der Waals surface area contributed by atoms with Crippen LogP contribution in [0.5, 0.6) is 0 Å². The molecule has 0 spiro atoms. The number of aromatic nitrogens is 2. The van der Waals surface area contributed by atoms with Gasteiger partial charge in [-0.3, -0.25) is 0 Å². The summed E-state index contributed by atoms with van der Waals surface area (Å²) in [6.07, 6.45) is 13.5. The van der Waals surface area contributed by atoms with E-state index in [0.29, 0.717) is 12.5 Å². The second-order valence-corrected chi connectivity index (χ2v) is 6.45. The van der Waals surface area contributed by atoms with E-state index < -0.39 is 0 Å². The fraction of sp³-hybridized carbons (Fsp3) is 0.600. The van der Waals surface area contributed by atoms with Crippen LogP contribution < -0.4 is 5.62 Å². The number of hydrogen-bond acceptors (Lipinski definition) is 3. The maximum absolute atomic E-state index is 5.91. The first kappa shape index (κ1) is 20.2. The molecule has 1 rings (SSSR count). The largest absolute Gasteiger partial charge is 0.492 e. The summed E-state index contributed by atoms with van der Waals surface area (Å²) in [5.41, 5.74) is 1.95. The Morgan fingerprint density at radius 3 is 2.67 bits per heavy atom. The molecule has 134 valence electrons. The Hall–Kier alpha value is -1.84. The third kappa shape index (κ3) is 7.16. The lowest BCUT2D eigenvalue weighted by Gasteiger charge is -2.11. The van der Waals surface area contributed by atoms with Crippen LogP contribution in [0.25, 0.3) is 0 Å². The van der Waals surface area contributed by atoms with Gasteiger partial charge < -0.3 is 9.30 Å². The van der Waals surface area contributed by atoms with E-state index in [2.05, 4.69) is 69.0 Å². The van der Waals surface area contributed by atoms with Crippen molar-refractivity contribution in [3.05, 3.63) is 47.6 Å². The summed E-state index contributed by atoms with van der Waals surface area (Å²) in [6.45, 7) is 11.2. The van der Waals surface area contributed by atoms with Crippen molar-refractivity contribution in [2.75, 3.05) is 6.61 Å². The lowest BCUT2D eigenvalue weighted by molar-refractivity contribution is 0.207. The van der Waals surface area contributed by atoms with Gasteiger partial charge in [0.2, 0.25) is 5.62 Å². The molecule has 0 aliphatic rings. The minimum atomic E-state index is 0.0495. The van der Waals surface area contributed by atoms with Crippen LogP contribution in [0.1, 0.15) is 65.4 Å². The first-order chi connectivity index (χ1) is 11.5. The van der Waals surface area contributed by atoms with E-state index in [9.17, 15) is 0 Å². The van der Waals surface area contributed by atoms with Crippen LogP contribution >= 0.6 is 0 Å². The Morgan fingerprint density at radius 2 is 2.08 bits per heavy atom. The molecule has 0 bridgehead atoms. The number of hydrogen-bond donors (Lipinski definition) is 0. The van der Waals surface area contributed by atoms with Gasteiger partial charge in [0.15, 0.2) is 0 Å². The van der Waals surface area contributed by atoms with Crippen molar-refractivity contribution < 1.29 is 4.74 Å². The van der Waals surface area contributed by atoms with E-state index in [1.807, 2.05) is 17.8 Å². The monoisotopic (exact) mass is 331 g/mol. The van der Waals surface area contributed by atoms with Gasteiger partial charge in [-0.15, -0.1) is 0 Å². The van der Waals surface area contributed by atoms with Crippen molar-refractivity contribution in [1.29, 1.82) is 0 Å². The van der Waals surface area contributed by atoms with E-state index in [1.165, 1.54) is 5.56 Å². The summed E-state index contributed by atoms with van der Waals surface area (Å²) in [7, 11) is 1.99. The van der Waals surface area contributed by atoms with Crippen LogP contribution in [0.4, 0.5) is 0 Å². The van der Waals surface area contributed by atoms with Gasteiger partial charge in [0, 0.05) is 19.4 Å². The molecular formula is C20H33N3O. The molecule has 4 nitrogen and oxygen atoms in total. The molecule has 0 N–H and O–H groups in total. The Bertz CT molecular complexity index is 612. The molecule has 0 aliphatic carbocycles. The zero-order valence-corrected chi connectivity index (χ0v) is 16.1. The molecule has 0 fully saturated rings. The zero-order valence-electron chi connectivity index (χ0n) is 16.1. The molecule has 1 atom stereocenters. The van der Waals surface area contributed by atoms with E-state index in [0.717, 1.165) is 30.6 Å². The highest BCUT2D eigenvalue weighted by atomic mass is 16.5. The van der Waals surface area contributed by atoms with Crippen molar-refractivity contribution >= 4 is 0 Å². The number of ether oxygens (including phenoxy) is 1. The molecule has 0 radical (unpaired) electrons. The van der Waals surface area contributed by atoms with E-state index in [1.54, 1.807) is 0 Å².